The van der Waals surface area contributed by atoms with E-state index >= 15 is 0 Å². The van der Waals surface area contributed by atoms with Gasteiger partial charge in [0.1, 0.15) is 12.0 Å². The Balaban J connectivity index is 2.41. The lowest BCUT2D eigenvalue weighted by Gasteiger charge is -1.89. The van der Waals surface area contributed by atoms with Crippen LogP contribution in [0.2, 0.25) is 0 Å². The molecule has 5 heteroatoms. The first-order chi connectivity index (χ1) is 6.85. The highest BCUT2D eigenvalue weighted by Crippen LogP contribution is 2.20. The molecule has 0 spiro atoms. The summed E-state index contributed by atoms with van der Waals surface area (Å²) < 4.78 is 10.1. The van der Waals surface area contributed by atoms with E-state index in [-0.39, 0.29) is 0 Å². The lowest BCUT2D eigenvalue weighted by atomic mass is 10.3. The van der Waals surface area contributed by atoms with Gasteiger partial charge in [-0.25, -0.2) is 4.98 Å². The zero-order valence-corrected chi connectivity index (χ0v) is 7.86. The number of oxazole rings is 1. The van der Waals surface area contributed by atoms with Gasteiger partial charge in [0.05, 0.1) is 12.2 Å². The van der Waals surface area contributed by atoms with E-state index in [1.807, 2.05) is 6.92 Å². The minimum atomic E-state index is 0.355. The molecule has 2 heterocycles. The third-order valence-corrected chi connectivity index (χ3v) is 1.96. The van der Waals surface area contributed by atoms with Crippen LogP contribution in [0.4, 0.5) is 0 Å². The van der Waals surface area contributed by atoms with E-state index in [0.717, 1.165) is 12.1 Å². The van der Waals surface area contributed by atoms with Crippen LogP contribution in [0.5, 0.6) is 0 Å². The first-order valence-electron chi connectivity index (χ1n) is 4.44. The average Bonchev–Trinajstić information content (AvgIpc) is 2.85. The van der Waals surface area contributed by atoms with Crippen molar-refractivity contribution < 1.29 is 8.94 Å². The Morgan fingerprint density at radius 1 is 1.50 bits per heavy atom. The standard InChI is InChI=1S/C9H11N3O2/c1-2-6-8(5-10)14-9(11-6)7-3-4-13-12-7/h3-4H,2,5,10H2,1H3. The van der Waals surface area contributed by atoms with Gasteiger partial charge in [0.25, 0.3) is 0 Å². The van der Waals surface area contributed by atoms with Crippen molar-refractivity contribution in [3.8, 4) is 11.6 Å². The third-order valence-electron chi connectivity index (χ3n) is 1.96. The predicted octanol–water partition coefficient (Wildman–Crippen LogP) is 1.35. The van der Waals surface area contributed by atoms with E-state index in [0.29, 0.717) is 23.9 Å². The Morgan fingerprint density at radius 2 is 2.36 bits per heavy atom. The third kappa shape index (κ3) is 1.42. The Bertz CT molecular complexity index is 384. The molecule has 2 N–H and O–H groups in total. The van der Waals surface area contributed by atoms with Crippen molar-refractivity contribution in [2.24, 2.45) is 5.73 Å². The number of aromatic nitrogens is 2. The lowest BCUT2D eigenvalue weighted by molar-refractivity contribution is 0.417. The summed E-state index contributed by atoms with van der Waals surface area (Å²) in [5.41, 5.74) is 6.99. The first-order valence-corrected chi connectivity index (χ1v) is 4.44. The number of rotatable bonds is 3. The second kappa shape index (κ2) is 3.63. The SMILES string of the molecule is CCc1nc(-c2ccon2)oc1CN. The summed E-state index contributed by atoms with van der Waals surface area (Å²) >= 11 is 0. The van der Waals surface area contributed by atoms with Crippen molar-refractivity contribution in [2.45, 2.75) is 19.9 Å². The molecule has 2 rings (SSSR count). The van der Waals surface area contributed by atoms with Crippen molar-refractivity contribution in [3.05, 3.63) is 23.8 Å². The molecule has 0 aliphatic heterocycles. The van der Waals surface area contributed by atoms with Gasteiger partial charge in [0.15, 0.2) is 5.69 Å². The lowest BCUT2D eigenvalue weighted by Crippen LogP contribution is -1.97. The van der Waals surface area contributed by atoms with Gasteiger partial charge < -0.3 is 14.7 Å². The van der Waals surface area contributed by atoms with Crippen molar-refractivity contribution in [3.63, 3.8) is 0 Å². The number of hydrogen-bond acceptors (Lipinski definition) is 5. The molecular formula is C9H11N3O2. The van der Waals surface area contributed by atoms with Crippen LogP contribution in [0.25, 0.3) is 11.6 Å². The largest absolute Gasteiger partial charge is 0.438 e. The number of aryl methyl sites for hydroxylation is 1. The molecule has 0 atom stereocenters. The van der Waals surface area contributed by atoms with Crippen molar-refractivity contribution >= 4 is 0 Å². The summed E-state index contributed by atoms with van der Waals surface area (Å²) in [6, 6.07) is 1.70. The van der Waals surface area contributed by atoms with Crippen LogP contribution in [-0.4, -0.2) is 10.1 Å². The molecule has 0 unspecified atom stereocenters. The summed E-state index contributed by atoms with van der Waals surface area (Å²) in [5, 5.41) is 3.74. The normalized spacial score (nSPS) is 10.7. The number of hydrogen-bond donors (Lipinski definition) is 1. The Kier molecular flexibility index (Phi) is 2.32. The highest BCUT2D eigenvalue weighted by atomic mass is 16.5. The monoisotopic (exact) mass is 193 g/mol. The van der Waals surface area contributed by atoms with E-state index in [2.05, 4.69) is 10.1 Å². The van der Waals surface area contributed by atoms with Gasteiger partial charge in [-0.05, 0) is 6.42 Å². The number of nitrogens with two attached hydrogens (primary N) is 1. The Morgan fingerprint density at radius 3 is 2.86 bits per heavy atom. The molecular weight excluding hydrogens is 182 g/mol. The quantitative estimate of drug-likeness (QED) is 0.796. The zero-order valence-electron chi connectivity index (χ0n) is 7.86. The van der Waals surface area contributed by atoms with Crippen LogP contribution in [0, 0.1) is 0 Å². The highest BCUT2D eigenvalue weighted by Gasteiger charge is 2.13. The fraction of sp³-hybridized carbons (Fsp3) is 0.333. The molecule has 0 amide bonds. The van der Waals surface area contributed by atoms with E-state index in [1.165, 1.54) is 6.26 Å². The molecule has 2 aromatic rings. The fourth-order valence-electron chi connectivity index (χ4n) is 1.25. The van der Waals surface area contributed by atoms with Crippen LogP contribution < -0.4 is 5.73 Å². The molecule has 0 bridgehead atoms. The summed E-state index contributed by atoms with van der Waals surface area (Å²) in [7, 11) is 0. The second-order valence-electron chi connectivity index (χ2n) is 2.83. The molecule has 0 saturated heterocycles. The van der Waals surface area contributed by atoms with Crippen LogP contribution in [-0.2, 0) is 13.0 Å². The Labute approximate surface area is 80.9 Å². The van der Waals surface area contributed by atoms with Crippen LogP contribution >= 0.6 is 0 Å². The van der Waals surface area contributed by atoms with Gasteiger partial charge in [0.2, 0.25) is 5.89 Å². The zero-order chi connectivity index (χ0) is 9.97. The molecule has 0 fully saturated rings. The van der Waals surface area contributed by atoms with Gasteiger partial charge in [-0.1, -0.05) is 12.1 Å². The predicted molar refractivity (Wildman–Crippen MR) is 49.3 cm³/mol. The molecule has 5 nitrogen and oxygen atoms in total. The van der Waals surface area contributed by atoms with Crippen LogP contribution in [0.1, 0.15) is 18.4 Å². The highest BCUT2D eigenvalue weighted by molar-refractivity contribution is 5.45. The Hall–Kier alpha value is -1.62. The molecule has 2 aromatic heterocycles. The van der Waals surface area contributed by atoms with Gasteiger partial charge in [-0.2, -0.15) is 0 Å². The van der Waals surface area contributed by atoms with E-state index < -0.39 is 0 Å². The van der Waals surface area contributed by atoms with Gasteiger partial charge in [0, 0.05) is 6.07 Å². The second-order valence-corrected chi connectivity index (χ2v) is 2.83. The fourth-order valence-corrected chi connectivity index (χ4v) is 1.25. The van der Waals surface area contributed by atoms with Crippen LogP contribution in [0.3, 0.4) is 0 Å². The van der Waals surface area contributed by atoms with Gasteiger partial charge >= 0.3 is 0 Å². The maximum Gasteiger partial charge on any atom is 0.249 e. The van der Waals surface area contributed by atoms with Crippen molar-refractivity contribution in [2.75, 3.05) is 0 Å². The summed E-state index contributed by atoms with van der Waals surface area (Å²) in [6.45, 7) is 2.36. The van der Waals surface area contributed by atoms with Gasteiger partial charge in [-0.3, -0.25) is 0 Å². The van der Waals surface area contributed by atoms with Gasteiger partial charge in [-0.15, -0.1) is 0 Å². The van der Waals surface area contributed by atoms with E-state index in [4.69, 9.17) is 14.7 Å². The molecule has 0 radical (unpaired) electrons. The average molecular weight is 193 g/mol. The smallest absolute Gasteiger partial charge is 0.249 e. The maximum atomic E-state index is 5.52. The van der Waals surface area contributed by atoms with Crippen molar-refractivity contribution in [1.82, 2.24) is 10.1 Å². The molecule has 74 valence electrons. The summed E-state index contributed by atoms with van der Waals surface area (Å²) in [5.74, 6) is 1.18. The van der Waals surface area contributed by atoms with E-state index in [9.17, 15) is 0 Å². The first kappa shape index (κ1) is 8.96. The molecule has 0 aliphatic rings. The van der Waals surface area contributed by atoms with E-state index in [1.54, 1.807) is 6.07 Å². The van der Waals surface area contributed by atoms with Crippen LogP contribution in [0.15, 0.2) is 21.3 Å². The summed E-state index contributed by atoms with van der Waals surface area (Å²) in [6.07, 6.45) is 2.28. The minimum Gasteiger partial charge on any atom is -0.438 e. The van der Waals surface area contributed by atoms with Crippen molar-refractivity contribution in [1.29, 1.82) is 0 Å². The topological polar surface area (TPSA) is 78.1 Å². The summed E-state index contributed by atoms with van der Waals surface area (Å²) in [4.78, 5) is 4.27. The minimum absolute atomic E-state index is 0.355. The molecule has 14 heavy (non-hydrogen) atoms. The molecule has 0 saturated carbocycles. The molecule has 0 aromatic carbocycles. The number of nitrogens with zero attached hydrogens (tertiary/aromatic N) is 2. The molecule has 0 aliphatic carbocycles. The maximum absolute atomic E-state index is 5.52.